The summed E-state index contributed by atoms with van der Waals surface area (Å²) in [4.78, 5) is 11.9. The standard InChI is InChI=1S/C12H14N4O2/c1-3-18-12(17)10-7-4-5-9-8(6-13-14-9)11(7)16(2)15-10/h6H,3-5H2,1-2H3,(H,13,14). The quantitative estimate of drug-likeness (QED) is 0.805. The maximum atomic E-state index is 11.9. The second-order valence-corrected chi connectivity index (χ2v) is 4.28. The van der Waals surface area contributed by atoms with E-state index in [1.54, 1.807) is 17.8 Å². The molecule has 6 heteroatoms. The van der Waals surface area contributed by atoms with E-state index in [9.17, 15) is 4.79 Å². The van der Waals surface area contributed by atoms with Gasteiger partial charge in [-0.05, 0) is 19.8 Å². The number of hydrogen-bond acceptors (Lipinski definition) is 4. The Morgan fingerprint density at radius 1 is 1.56 bits per heavy atom. The lowest BCUT2D eigenvalue weighted by Gasteiger charge is -2.12. The average molecular weight is 246 g/mol. The molecule has 0 spiro atoms. The van der Waals surface area contributed by atoms with E-state index in [4.69, 9.17) is 4.74 Å². The van der Waals surface area contributed by atoms with E-state index in [-0.39, 0.29) is 5.97 Å². The number of carbonyl (C=O) groups excluding carboxylic acids is 1. The summed E-state index contributed by atoms with van der Waals surface area (Å²) in [5, 5.41) is 11.3. The third kappa shape index (κ3) is 1.45. The molecule has 6 nitrogen and oxygen atoms in total. The van der Waals surface area contributed by atoms with Crippen LogP contribution in [0.3, 0.4) is 0 Å². The van der Waals surface area contributed by atoms with Crippen LogP contribution in [0, 0.1) is 0 Å². The van der Waals surface area contributed by atoms with Crippen LogP contribution in [0.15, 0.2) is 6.20 Å². The third-order valence-corrected chi connectivity index (χ3v) is 3.21. The van der Waals surface area contributed by atoms with Crippen molar-refractivity contribution in [3.05, 3.63) is 23.1 Å². The summed E-state index contributed by atoms with van der Waals surface area (Å²) in [5.74, 6) is -0.346. The maximum absolute atomic E-state index is 11.9. The van der Waals surface area contributed by atoms with Gasteiger partial charge < -0.3 is 4.74 Å². The van der Waals surface area contributed by atoms with Gasteiger partial charge in [-0.1, -0.05) is 0 Å². The van der Waals surface area contributed by atoms with Crippen molar-refractivity contribution < 1.29 is 9.53 Å². The summed E-state index contributed by atoms with van der Waals surface area (Å²) in [6, 6.07) is 0. The first-order valence-corrected chi connectivity index (χ1v) is 5.98. The molecule has 0 saturated carbocycles. The zero-order chi connectivity index (χ0) is 12.7. The van der Waals surface area contributed by atoms with E-state index in [1.807, 2.05) is 7.05 Å². The molecule has 2 aromatic heterocycles. The van der Waals surface area contributed by atoms with Gasteiger partial charge in [-0.2, -0.15) is 10.2 Å². The zero-order valence-electron chi connectivity index (χ0n) is 10.4. The van der Waals surface area contributed by atoms with Gasteiger partial charge in [0.1, 0.15) is 0 Å². The fraction of sp³-hybridized carbons (Fsp3) is 0.417. The molecule has 0 aliphatic heterocycles. The number of nitrogens with one attached hydrogen (secondary N) is 1. The molecule has 1 N–H and O–H groups in total. The van der Waals surface area contributed by atoms with E-state index in [2.05, 4.69) is 15.3 Å². The Kier molecular flexibility index (Phi) is 2.43. The molecule has 0 saturated heterocycles. The van der Waals surface area contributed by atoms with Crippen LogP contribution in [-0.4, -0.2) is 32.6 Å². The van der Waals surface area contributed by atoms with E-state index >= 15 is 0 Å². The van der Waals surface area contributed by atoms with Crippen LogP contribution >= 0.6 is 0 Å². The van der Waals surface area contributed by atoms with Gasteiger partial charge in [-0.3, -0.25) is 9.78 Å². The van der Waals surface area contributed by atoms with E-state index in [0.717, 1.165) is 35.4 Å². The molecule has 2 aromatic rings. The van der Waals surface area contributed by atoms with Crippen LogP contribution in [-0.2, 0) is 24.6 Å². The SMILES string of the molecule is CCOC(=O)c1nn(C)c2c1CCc1[nH]ncc1-2. The summed E-state index contributed by atoms with van der Waals surface area (Å²) < 4.78 is 6.77. The second kappa shape index (κ2) is 3.97. The number of hydrogen-bond donors (Lipinski definition) is 1. The summed E-state index contributed by atoms with van der Waals surface area (Å²) >= 11 is 0. The van der Waals surface area contributed by atoms with Gasteiger partial charge in [0.25, 0.3) is 0 Å². The fourth-order valence-corrected chi connectivity index (χ4v) is 2.46. The summed E-state index contributed by atoms with van der Waals surface area (Å²) in [6.07, 6.45) is 3.41. The second-order valence-electron chi connectivity index (χ2n) is 4.28. The lowest BCUT2D eigenvalue weighted by Crippen LogP contribution is -2.10. The first kappa shape index (κ1) is 11.0. The molecule has 1 aliphatic carbocycles. The Morgan fingerprint density at radius 2 is 2.39 bits per heavy atom. The molecule has 0 amide bonds. The summed E-state index contributed by atoms with van der Waals surface area (Å²) in [6.45, 7) is 2.16. The molecule has 0 bridgehead atoms. The number of nitrogens with zero attached hydrogens (tertiary/aromatic N) is 3. The molecule has 2 heterocycles. The van der Waals surface area contributed by atoms with Crippen LogP contribution in [0.2, 0.25) is 0 Å². The molecule has 0 radical (unpaired) electrons. The normalized spacial score (nSPS) is 13.0. The third-order valence-electron chi connectivity index (χ3n) is 3.21. The summed E-state index contributed by atoms with van der Waals surface area (Å²) in [5.41, 5.74) is 4.49. The number of fused-ring (bicyclic) bond motifs is 3. The number of aromatic amines is 1. The number of rotatable bonds is 2. The number of esters is 1. The predicted molar refractivity (Wildman–Crippen MR) is 64.2 cm³/mol. The van der Waals surface area contributed by atoms with Crippen molar-refractivity contribution in [2.45, 2.75) is 19.8 Å². The highest BCUT2D eigenvalue weighted by atomic mass is 16.5. The van der Waals surface area contributed by atoms with E-state index in [1.165, 1.54) is 0 Å². The number of H-pyrrole nitrogens is 1. The highest BCUT2D eigenvalue weighted by Gasteiger charge is 2.28. The monoisotopic (exact) mass is 246 g/mol. The maximum Gasteiger partial charge on any atom is 0.359 e. The van der Waals surface area contributed by atoms with Gasteiger partial charge in [0.05, 0.1) is 18.5 Å². The van der Waals surface area contributed by atoms with Gasteiger partial charge in [-0.15, -0.1) is 0 Å². The molecule has 18 heavy (non-hydrogen) atoms. The predicted octanol–water partition coefficient (Wildman–Crippen LogP) is 1.09. The molecule has 3 rings (SSSR count). The van der Waals surface area contributed by atoms with E-state index in [0.29, 0.717) is 12.3 Å². The highest BCUT2D eigenvalue weighted by Crippen LogP contribution is 2.33. The van der Waals surface area contributed by atoms with Crippen molar-refractivity contribution in [1.82, 2.24) is 20.0 Å². The van der Waals surface area contributed by atoms with E-state index < -0.39 is 0 Å². The Balaban J connectivity index is 2.13. The van der Waals surface area contributed by atoms with Gasteiger partial charge in [-0.25, -0.2) is 4.79 Å². The Bertz CT molecular complexity index is 612. The van der Waals surface area contributed by atoms with Crippen LogP contribution in [0.25, 0.3) is 11.3 Å². The van der Waals surface area contributed by atoms with Crippen molar-refractivity contribution in [3.8, 4) is 11.3 Å². The minimum absolute atomic E-state index is 0.346. The van der Waals surface area contributed by atoms with Crippen molar-refractivity contribution in [1.29, 1.82) is 0 Å². The van der Waals surface area contributed by atoms with Crippen molar-refractivity contribution >= 4 is 5.97 Å². The highest BCUT2D eigenvalue weighted by molar-refractivity contribution is 5.91. The number of carbonyl (C=O) groups is 1. The number of aryl methyl sites for hydroxylation is 2. The lowest BCUT2D eigenvalue weighted by molar-refractivity contribution is 0.0517. The van der Waals surface area contributed by atoms with Gasteiger partial charge in [0, 0.05) is 23.9 Å². The largest absolute Gasteiger partial charge is 0.461 e. The fourth-order valence-electron chi connectivity index (χ4n) is 2.46. The molecule has 0 aromatic carbocycles. The molecule has 0 atom stereocenters. The van der Waals surface area contributed by atoms with Crippen LogP contribution < -0.4 is 0 Å². The van der Waals surface area contributed by atoms with Crippen LogP contribution in [0.4, 0.5) is 0 Å². The number of ether oxygens (including phenoxy) is 1. The lowest BCUT2D eigenvalue weighted by atomic mass is 9.94. The average Bonchev–Trinajstić information content (AvgIpc) is 2.93. The Morgan fingerprint density at radius 3 is 3.17 bits per heavy atom. The molecule has 1 aliphatic rings. The minimum Gasteiger partial charge on any atom is -0.461 e. The van der Waals surface area contributed by atoms with Gasteiger partial charge in [0.2, 0.25) is 0 Å². The first-order chi connectivity index (χ1) is 8.72. The van der Waals surface area contributed by atoms with Crippen LogP contribution in [0.1, 0.15) is 28.7 Å². The van der Waals surface area contributed by atoms with Gasteiger partial charge in [0.15, 0.2) is 5.69 Å². The Hall–Kier alpha value is -2.11. The molecular weight excluding hydrogens is 232 g/mol. The van der Waals surface area contributed by atoms with Crippen molar-refractivity contribution in [2.24, 2.45) is 7.05 Å². The molecule has 0 unspecified atom stereocenters. The van der Waals surface area contributed by atoms with Gasteiger partial charge >= 0.3 is 5.97 Å². The molecule has 94 valence electrons. The topological polar surface area (TPSA) is 72.8 Å². The Labute approximate surface area is 104 Å². The molecular formula is C12H14N4O2. The van der Waals surface area contributed by atoms with Crippen molar-refractivity contribution in [3.63, 3.8) is 0 Å². The van der Waals surface area contributed by atoms with Crippen LogP contribution in [0.5, 0.6) is 0 Å². The zero-order valence-corrected chi connectivity index (χ0v) is 10.4. The first-order valence-electron chi connectivity index (χ1n) is 5.98. The molecule has 0 fully saturated rings. The minimum atomic E-state index is -0.346. The van der Waals surface area contributed by atoms with Crippen molar-refractivity contribution in [2.75, 3.05) is 6.61 Å². The number of aromatic nitrogens is 4. The smallest absolute Gasteiger partial charge is 0.359 e. The summed E-state index contributed by atoms with van der Waals surface area (Å²) in [7, 11) is 1.84.